The summed E-state index contributed by atoms with van der Waals surface area (Å²) in [4.78, 5) is 7.05. The van der Waals surface area contributed by atoms with Crippen molar-refractivity contribution in [2.24, 2.45) is 0 Å². The van der Waals surface area contributed by atoms with Crippen molar-refractivity contribution >= 4 is 15.7 Å². The predicted molar refractivity (Wildman–Crippen MR) is 73.1 cm³/mol. The molecule has 1 aromatic carbocycles. The molecule has 1 heterocycles. The molecule has 0 aliphatic rings. The first-order valence-electron chi connectivity index (χ1n) is 5.82. The van der Waals surface area contributed by atoms with Gasteiger partial charge in [0.25, 0.3) is 0 Å². The maximum absolute atomic E-state index is 12.1. The molecular formula is C12H16N4O2S. The third-order valence-corrected chi connectivity index (χ3v) is 4.35. The number of sulfonamides is 1. The van der Waals surface area contributed by atoms with Crippen molar-refractivity contribution in [3.8, 4) is 0 Å². The van der Waals surface area contributed by atoms with Gasteiger partial charge >= 0.3 is 0 Å². The Morgan fingerprint density at radius 3 is 2.84 bits per heavy atom. The molecule has 0 unspecified atom stereocenters. The van der Waals surface area contributed by atoms with Gasteiger partial charge in [0.05, 0.1) is 11.2 Å². The summed E-state index contributed by atoms with van der Waals surface area (Å²) >= 11 is 0. The van der Waals surface area contributed by atoms with Crippen LogP contribution in [0.15, 0.2) is 35.6 Å². The Morgan fingerprint density at radius 1 is 1.42 bits per heavy atom. The molecule has 0 amide bonds. The molecule has 2 aromatic rings. The van der Waals surface area contributed by atoms with Crippen LogP contribution in [0.3, 0.4) is 0 Å². The average molecular weight is 280 g/mol. The fourth-order valence-electron chi connectivity index (χ4n) is 1.79. The second-order valence-electron chi connectivity index (χ2n) is 4.25. The Labute approximate surface area is 112 Å². The number of hydrogen-bond acceptors (Lipinski definition) is 4. The molecule has 0 radical (unpaired) electrons. The van der Waals surface area contributed by atoms with E-state index in [-0.39, 0.29) is 4.90 Å². The van der Waals surface area contributed by atoms with Crippen LogP contribution in [0, 0.1) is 6.92 Å². The maximum Gasteiger partial charge on any atom is 0.240 e. The van der Waals surface area contributed by atoms with E-state index >= 15 is 0 Å². The van der Waals surface area contributed by atoms with Crippen molar-refractivity contribution in [2.75, 3.05) is 12.3 Å². The van der Waals surface area contributed by atoms with Gasteiger partial charge in [0.1, 0.15) is 0 Å². The number of aromatic amines is 1. The van der Waals surface area contributed by atoms with Gasteiger partial charge in [-0.15, -0.1) is 0 Å². The summed E-state index contributed by atoms with van der Waals surface area (Å²) in [7, 11) is -3.50. The number of H-pyrrole nitrogens is 1. The number of imidazole rings is 1. The van der Waals surface area contributed by atoms with E-state index in [0.29, 0.717) is 24.2 Å². The molecule has 6 nitrogen and oxygen atoms in total. The molecule has 0 aliphatic heterocycles. The quantitative estimate of drug-likeness (QED) is 0.706. The normalized spacial score (nSPS) is 11.6. The van der Waals surface area contributed by atoms with Gasteiger partial charge in [0.2, 0.25) is 10.0 Å². The lowest BCUT2D eigenvalue weighted by atomic mass is 10.2. The SMILES string of the molecule is Cc1cc(N)ccc1S(=O)(=O)NCCc1cnc[nH]1. The van der Waals surface area contributed by atoms with E-state index in [0.717, 1.165) is 5.69 Å². The first-order valence-corrected chi connectivity index (χ1v) is 7.30. The second kappa shape index (κ2) is 5.41. The summed E-state index contributed by atoms with van der Waals surface area (Å²) in [5.41, 5.74) is 7.68. The van der Waals surface area contributed by atoms with E-state index in [4.69, 9.17) is 5.73 Å². The van der Waals surface area contributed by atoms with Crippen LogP contribution in [0.1, 0.15) is 11.3 Å². The third-order valence-electron chi connectivity index (χ3n) is 2.73. The van der Waals surface area contributed by atoms with Gasteiger partial charge in [-0.05, 0) is 30.7 Å². The Morgan fingerprint density at radius 2 is 2.21 bits per heavy atom. The van der Waals surface area contributed by atoms with E-state index in [2.05, 4.69) is 14.7 Å². The maximum atomic E-state index is 12.1. The average Bonchev–Trinajstić information content (AvgIpc) is 2.81. The van der Waals surface area contributed by atoms with Crippen molar-refractivity contribution in [1.82, 2.24) is 14.7 Å². The standard InChI is InChI=1S/C12H16N4O2S/c1-9-6-10(13)2-3-12(9)19(17,18)16-5-4-11-7-14-8-15-11/h2-3,6-8,16H,4-5,13H2,1H3,(H,14,15). The Hall–Kier alpha value is -1.86. The number of aryl methyl sites for hydroxylation is 1. The second-order valence-corrected chi connectivity index (χ2v) is 5.98. The van der Waals surface area contributed by atoms with Crippen molar-refractivity contribution in [3.63, 3.8) is 0 Å². The number of nitrogens with two attached hydrogens (primary N) is 1. The number of aromatic nitrogens is 2. The molecule has 1 aromatic heterocycles. The van der Waals surface area contributed by atoms with Crippen molar-refractivity contribution in [1.29, 1.82) is 0 Å². The summed E-state index contributed by atoms with van der Waals surface area (Å²) in [6.45, 7) is 2.04. The molecule has 0 bridgehead atoms. The molecule has 2 rings (SSSR count). The number of nitrogen functional groups attached to an aromatic ring is 1. The Bertz CT molecular complexity index is 650. The van der Waals surface area contributed by atoms with Gasteiger partial charge < -0.3 is 10.7 Å². The van der Waals surface area contributed by atoms with Gasteiger partial charge in [-0.1, -0.05) is 0 Å². The molecule has 19 heavy (non-hydrogen) atoms. The molecule has 4 N–H and O–H groups in total. The van der Waals surface area contributed by atoms with Crippen LogP contribution in [0.5, 0.6) is 0 Å². The van der Waals surface area contributed by atoms with Crippen LogP contribution < -0.4 is 10.5 Å². The van der Waals surface area contributed by atoms with Crippen molar-refractivity contribution in [2.45, 2.75) is 18.2 Å². The summed E-state index contributed by atoms with van der Waals surface area (Å²) < 4.78 is 26.8. The first-order chi connectivity index (χ1) is 8.99. The highest BCUT2D eigenvalue weighted by Crippen LogP contribution is 2.17. The number of nitrogens with one attached hydrogen (secondary N) is 2. The van der Waals surface area contributed by atoms with Crippen LogP contribution in [-0.4, -0.2) is 24.9 Å². The number of anilines is 1. The fourth-order valence-corrected chi connectivity index (χ4v) is 3.05. The molecule has 7 heteroatoms. The van der Waals surface area contributed by atoms with E-state index in [1.807, 2.05) is 0 Å². The molecule has 0 aliphatic carbocycles. The van der Waals surface area contributed by atoms with Gasteiger partial charge in [0.15, 0.2) is 0 Å². The van der Waals surface area contributed by atoms with Crippen LogP contribution >= 0.6 is 0 Å². The largest absolute Gasteiger partial charge is 0.399 e. The third kappa shape index (κ3) is 3.33. The van der Waals surface area contributed by atoms with Gasteiger partial charge in [-0.3, -0.25) is 0 Å². The van der Waals surface area contributed by atoms with Crippen molar-refractivity contribution in [3.05, 3.63) is 42.0 Å². The molecule has 0 fully saturated rings. The number of nitrogens with zero attached hydrogens (tertiary/aromatic N) is 1. The first kappa shape index (κ1) is 13.6. The zero-order valence-electron chi connectivity index (χ0n) is 10.6. The molecular weight excluding hydrogens is 264 g/mol. The molecule has 0 saturated heterocycles. The Balaban J connectivity index is 2.05. The monoisotopic (exact) mass is 280 g/mol. The van der Waals surface area contributed by atoms with Crippen LogP contribution in [-0.2, 0) is 16.4 Å². The van der Waals surface area contributed by atoms with E-state index in [1.165, 1.54) is 6.07 Å². The highest BCUT2D eigenvalue weighted by molar-refractivity contribution is 7.89. The topological polar surface area (TPSA) is 101 Å². The molecule has 0 spiro atoms. The lowest BCUT2D eigenvalue weighted by Gasteiger charge is -2.09. The summed E-state index contributed by atoms with van der Waals surface area (Å²) in [5.74, 6) is 0. The summed E-state index contributed by atoms with van der Waals surface area (Å²) in [6.07, 6.45) is 3.80. The number of benzene rings is 1. The van der Waals surface area contributed by atoms with E-state index < -0.39 is 10.0 Å². The zero-order chi connectivity index (χ0) is 13.9. The fraction of sp³-hybridized carbons (Fsp3) is 0.250. The smallest absolute Gasteiger partial charge is 0.240 e. The van der Waals surface area contributed by atoms with Gasteiger partial charge in [0, 0.05) is 30.5 Å². The minimum absolute atomic E-state index is 0.256. The summed E-state index contributed by atoms with van der Waals surface area (Å²) in [6, 6.07) is 4.74. The van der Waals surface area contributed by atoms with E-state index in [1.54, 1.807) is 31.6 Å². The predicted octanol–water partition coefficient (Wildman–Crippen LogP) is 0.821. The highest BCUT2D eigenvalue weighted by atomic mass is 32.2. The van der Waals surface area contributed by atoms with Crippen LogP contribution in [0.2, 0.25) is 0 Å². The zero-order valence-corrected chi connectivity index (χ0v) is 11.4. The minimum atomic E-state index is -3.50. The molecule has 102 valence electrons. The van der Waals surface area contributed by atoms with Crippen LogP contribution in [0.4, 0.5) is 5.69 Å². The lowest BCUT2D eigenvalue weighted by Crippen LogP contribution is -2.26. The Kier molecular flexibility index (Phi) is 3.87. The van der Waals surface area contributed by atoms with Gasteiger partial charge in [-0.25, -0.2) is 18.1 Å². The summed E-state index contributed by atoms with van der Waals surface area (Å²) in [5, 5.41) is 0. The molecule has 0 atom stereocenters. The van der Waals surface area contributed by atoms with E-state index in [9.17, 15) is 8.42 Å². The lowest BCUT2D eigenvalue weighted by molar-refractivity contribution is 0.581. The highest BCUT2D eigenvalue weighted by Gasteiger charge is 2.16. The number of hydrogen-bond donors (Lipinski definition) is 3. The minimum Gasteiger partial charge on any atom is -0.399 e. The van der Waals surface area contributed by atoms with Crippen molar-refractivity contribution < 1.29 is 8.42 Å². The van der Waals surface area contributed by atoms with Crippen LogP contribution in [0.25, 0.3) is 0 Å². The molecule has 0 saturated carbocycles. The van der Waals surface area contributed by atoms with Gasteiger partial charge in [-0.2, -0.15) is 0 Å². The number of rotatable bonds is 5.